The Morgan fingerprint density at radius 3 is 2.31 bits per heavy atom. The average molecular weight is 526 g/mol. The molecule has 0 N–H and O–H groups in total. The Kier molecular flexibility index (Phi) is 9.93. The molecule has 0 bridgehead atoms. The summed E-state index contributed by atoms with van der Waals surface area (Å²) in [5, 5.41) is 7.79. The van der Waals surface area contributed by atoms with Gasteiger partial charge < -0.3 is 23.5 Å². The molecule has 0 amide bonds. The Morgan fingerprint density at radius 1 is 1.08 bits per heavy atom. The molecule has 1 aliphatic heterocycles. The lowest BCUT2D eigenvalue weighted by molar-refractivity contribution is 0.00381. The van der Waals surface area contributed by atoms with Crippen molar-refractivity contribution >= 4 is 9.84 Å². The molecule has 1 fully saturated rings. The summed E-state index contributed by atoms with van der Waals surface area (Å²) in [4.78, 5) is 8.68. The lowest BCUT2D eigenvalue weighted by Crippen LogP contribution is -2.32. The van der Waals surface area contributed by atoms with E-state index in [0.717, 1.165) is 18.5 Å². The Bertz CT molecular complexity index is 1070. The van der Waals surface area contributed by atoms with Crippen LogP contribution in [0.4, 0.5) is 0 Å². The number of aromatic nitrogens is 5. The maximum Gasteiger partial charge on any atom is 0.163 e. The number of hydrogen-bond acceptors (Lipinski definition) is 10. The average Bonchev–Trinajstić information content (AvgIpc) is 3.43. The van der Waals surface area contributed by atoms with E-state index in [0.29, 0.717) is 30.6 Å². The van der Waals surface area contributed by atoms with Gasteiger partial charge in [0.1, 0.15) is 23.8 Å². The highest BCUT2D eigenvalue weighted by Gasteiger charge is 2.37. The second-order valence-corrected chi connectivity index (χ2v) is 12.0. The number of rotatable bonds is 13. The SMILES string of the molecule is COCC(COC)n1c(CS(=O)(=O)[C@@H](C)[C@@H](OC(C)C)c2cnc(C)cn2)nnc1[C@@H]1CC[C@H](C)O1. The molecular weight excluding hydrogens is 486 g/mol. The summed E-state index contributed by atoms with van der Waals surface area (Å²) >= 11 is 0. The molecule has 0 saturated carbocycles. The Morgan fingerprint density at radius 2 is 1.78 bits per heavy atom. The first-order valence-corrected chi connectivity index (χ1v) is 14.0. The molecule has 4 atom stereocenters. The van der Waals surface area contributed by atoms with Crippen molar-refractivity contribution in [3.8, 4) is 0 Å². The van der Waals surface area contributed by atoms with E-state index in [9.17, 15) is 8.42 Å². The molecule has 0 radical (unpaired) electrons. The number of methoxy groups -OCH3 is 2. The second-order valence-electron chi connectivity index (χ2n) is 9.62. The fourth-order valence-corrected chi connectivity index (χ4v) is 5.79. The summed E-state index contributed by atoms with van der Waals surface area (Å²) in [7, 11) is -0.576. The van der Waals surface area contributed by atoms with Crippen molar-refractivity contribution in [3.63, 3.8) is 0 Å². The van der Waals surface area contributed by atoms with Crippen molar-refractivity contribution in [3.05, 3.63) is 35.4 Å². The van der Waals surface area contributed by atoms with Crippen LogP contribution in [-0.2, 0) is 34.5 Å². The summed E-state index contributed by atoms with van der Waals surface area (Å²) in [6, 6.07) is -0.310. The lowest BCUT2D eigenvalue weighted by Gasteiger charge is -2.26. The quantitative estimate of drug-likeness (QED) is 0.385. The second kappa shape index (κ2) is 12.5. The van der Waals surface area contributed by atoms with Crippen LogP contribution >= 0.6 is 0 Å². The van der Waals surface area contributed by atoms with Crippen LogP contribution < -0.4 is 0 Å². The summed E-state index contributed by atoms with van der Waals surface area (Å²) in [5.41, 5.74) is 1.21. The van der Waals surface area contributed by atoms with Gasteiger partial charge in [0, 0.05) is 20.4 Å². The molecule has 2 aromatic heterocycles. The van der Waals surface area contributed by atoms with Crippen LogP contribution in [0.5, 0.6) is 0 Å². The normalized spacial score (nSPS) is 20.4. The van der Waals surface area contributed by atoms with Crippen molar-refractivity contribution < 1.29 is 27.4 Å². The highest BCUT2D eigenvalue weighted by molar-refractivity contribution is 7.91. The maximum atomic E-state index is 13.7. The van der Waals surface area contributed by atoms with Gasteiger partial charge >= 0.3 is 0 Å². The van der Waals surface area contributed by atoms with Crippen molar-refractivity contribution in [1.82, 2.24) is 24.7 Å². The third-order valence-electron chi connectivity index (χ3n) is 6.23. The first-order chi connectivity index (χ1) is 17.1. The molecule has 0 unspecified atom stereocenters. The minimum absolute atomic E-state index is 0.0974. The van der Waals surface area contributed by atoms with E-state index in [-0.39, 0.29) is 30.1 Å². The van der Waals surface area contributed by atoms with Gasteiger partial charge in [-0.2, -0.15) is 0 Å². The molecule has 12 heteroatoms. The van der Waals surface area contributed by atoms with Crippen LogP contribution in [-0.4, -0.2) is 78.0 Å². The van der Waals surface area contributed by atoms with Crippen molar-refractivity contribution in [2.45, 2.75) is 88.9 Å². The van der Waals surface area contributed by atoms with E-state index in [4.69, 9.17) is 18.9 Å². The minimum atomic E-state index is -3.76. The molecule has 36 heavy (non-hydrogen) atoms. The van der Waals surface area contributed by atoms with Gasteiger partial charge in [0.05, 0.1) is 54.3 Å². The Hall–Kier alpha value is -1.99. The molecular formula is C24H39N5O6S. The highest BCUT2D eigenvalue weighted by Crippen LogP contribution is 2.34. The molecule has 0 spiro atoms. The van der Waals surface area contributed by atoms with E-state index in [1.165, 1.54) is 0 Å². The molecule has 202 valence electrons. The number of nitrogens with zero attached hydrogens (tertiary/aromatic N) is 5. The zero-order valence-corrected chi connectivity index (χ0v) is 23.1. The minimum Gasteiger partial charge on any atom is -0.382 e. The van der Waals surface area contributed by atoms with E-state index >= 15 is 0 Å². The molecule has 0 aromatic carbocycles. The number of sulfone groups is 1. The number of ether oxygens (including phenoxy) is 4. The molecule has 3 rings (SSSR count). The van der Waals surface area contributed by atoms with Crippen molar-refractivity contribution in [2.24, 2.45) is 0 Å². The summed E-state index contributed by atoms with van der Waals surface area (Å²) in [5.74, 6) is 0.581. The van der Waals surface area contributed by atoms with Crippen LogP contribution in [0.25, 0.3) is 0 Å². The maximum absolute atomic E-state index is 13.7. The van der Waals surface area contributed by atoms with E-state index in [2.05, 4.69) is 20.2 Å². The smallest absolute Gasteiger partial charge is 0.163 e. The molecule has 1 aliphatic rings. The summed E-state index contributed by atoms with van der Waals surface area (Å²) in [6.07, 6.45) is 3.70. The zero-order chi connectivity index (χ0) is 26.5. The third-order valence-corrected chi connectivity index (χ3v) is 8.27. The largest absolute Gasteiger partial charge is 0.382 e. The van der Waals surface area contributed by atoms with Gasteiger partial charge in [-0.3, -0.25) is 9.97 Å². The van der Waals surface area contributed by atoms with Gasteiger partial charge in [-0.25, -0.2) is 8.42 Å². The van der Waals surface area contributed by atoms with E-state index in [1.807, 2.05) is 32.3 Å². The fourth-order valence-electron chi connectivity index (χ4n) is 4.39. The predicted molar refractivity (Wildman–Crippen MR) is 133 cm³/mol. The Balaban J connectivity index is 1.97. The lowest BCUT2D eigenvalue weighted by atomic mass is 10.2. The monoisotopic (exact) mass is 525 g/mol. The van der Waals surface area contributed by atoms with Gasteiger partial charge in [-0.1, -0.05) is 0 Å². The number of hydrogen-bond donors (Lipinski definition) is 0. The van der Waals surface area contributed by atoms with Crippen LogP contribution in [0.2, 0.25) is 0 Å². The molecule has 1 saturated heterocycles. The van der Waals surface area contributed by atoms with Gasteiger partial charge in [-0.05, 0) is 47.5 Å². The standard InChI is InChI=1S/C24H39N5O6S/c1-15(2)34-23(20-11-25-16(3)10-26-20)18(5)36(30,31)14-22-27-28-24(21-9-8-17(4)35-21)29(22)19(12-32-6)13-33-7/h10-11,15,17-19,21,23H,8-9,12-14H2,1-7H3/t17-,18-,21-,23+/m0/s1. The third kappa shape index (κ3) is 6.86. The predicted octanol–water partition coefficient (Wildman–Crippen LogP) is 2.92. The van der Waals surface area contributed by atoms with Gasteiger partial charge in [-0.15, -0.1) is 10.2 Å². The molecule has 3 heterocycles. The first kappa shape index (κ1) is 28.6. The molecule has 0 aliphatic carbocycles. The van der Waals surface area contributed by atoms with Crippen molar-refractivity contribution in [2.75, 3.05) is 27.4 Å². The topological polar surface area (TPSA) is 128 Å². The number of aryl methyl sites for hydroxylation is 1. The zero-order valence-electron chi connectivity index (χ0n) is 22.2. The van der Waals surface area contributed by atoms with E-state index < -0.39 is 21.2 Å². The summed E-state index contributed by atoms with van der Waals surface area (Å²) in [6.45, 7) is 9.81. The van der Waals surface area contributed by atoms with Gasteiger partial charge in [0.15, 0.2) is 15.7 Å². The molecule has 2 aromatic rings. The fraction of sp³-hybridized carbons (Fsp3) is 0.750. The van der Waals surface area contributed by atoms with Crippen LogP contribution in [0.15, 0.2) is 12.4 Å². The van der Waals surface area contributed by atoms with Crippen LogP contribution in [0.3, 0.4) is 0 Å². The highest BCUT2D eigenvalue weighted by atomic mass is 32.2. The van der Waals surface area contributed by atoms with Crippen molar-refractivity contribution in [1.29, 1.82) is 0 Å². The van der Waals surface area contributed by atoms with Crippen LogP contribution in [0, 0.1) is 6.92 Å². The first-order valence-electron chi connectivity index (χ1n) is 12.3. The molecule has 11 nitrogen and oxygen atoms in total. The summed E-state index contributed by atoms with van der Waals surface area (Å²) < 4.78 is 52.2. The van der Waals surface area contributed by atoms with E-state index in [1.54, 1.807) is 33.5 Å². The van der Waals surface area contributed by atoms with Gasteiger partial charge in [0.25, 0.3) is 0 Å². The van der Waals surface area contributed by atoms with Crippen LogP contribution in [0.1, 0.15) is 81.8 Å². The Labute approximate surface area is 213 Å². The van der Waals surface area contributed by atoms with Gasteiger partial charge in [0.2, 0.25) is 0 Å².